The molecule has 8 heteroatoms. The lowest BCUT2D eigenvalue weighted by atomic mass is 10.2. The van der Waals surface area contributed by atoms with Gasteiger partial charge in [-0.1, -0.05) is 0 Å². The molecule has 0 spiro atoms. The molecule has 3 rings (SSSR count). The zero-order valence-corrected chi connectivity index (χ0v) is 16.4. The van der Waals surface area contributed by atoms with E-state index in [1.165, 1.54) is 0 Å². The van der Waals surface area contributed by atoms with Crippen LogP contribution >= 0.6 is 0 Å². The van der Waals surface area contributed by atoms with Crippen molar-refractivity contribution < 1.29 is 14.3 Å². The molecule has 0 radical (unpaired) electrons. The summed E-state index contributed by atoms with van der Waals surface area (Å²) < 4.78 is 4.96. The van der Waals surface area contributed by atoms with Crippen molar-refractivity contribution in [3.05, 3.63) is 47.4 Å². The third-order valence-electron chi connectivity index (χ3n) is 4.54. The van der Waals surface area contributed by atoms with Crippen LogP contribution in [0.4, 0.5) is 11.5 Å². The Labute approximate surface area is 164 Å². The van der Waals surface area contributed by atoms with Crippen LogP contribution in [-0.4, -0.2) is 66.6 Å². The fraction of sp³-hybridized carbons (Fsp3) is 0.400. The molecule has 1 aromatic heterocycles. The van der Waals surface area contributed by atoms with Gasteiger partial charge in [0.1, 0.15) is 17.3 Å². The number of piperazine rings is 1. The maximum atomic E-state index is 12.7. The van der Waals surface area contributed by atoms with Crippen LogP contribution in [0.25, 0.3) is 0 Å². The number of carbonyl (C=O) groups is 2. The smallest absolute Gasteiger partial charge is 0.338 e. The summed E-state index contributed by atoms with van der Waals surface area (Å²) in [5.41, 5.74) is 1.33. The summed E-state index contributed by atoms with van der Waals surface area (Å²) in [4.78, 5) is 37.6. The molecule has 0 saturated carbocycles. The molecule has 28 heavy (non-hydrogen) atoms. The Morgan fingerprint density at radius 1 is 1.11 bits per heavy atom. The highest BCUT2D eigenvalue weighted by molar-refractivity contribution is 6.03. The molecule has 1 amide bonds. The number of amides is 1. The molecular weight excluding hydrogens is 358 g/mol. The highest BCUT2D eigenvalue weighted by Gasteiger charge is 2.18. The Hall–Kier alpha value is -3.00. The Morgan fingerprint density at radius 2 is 1.79 bits per heavy atom. The van der Waals surface area contributed by atoms with Gasteiger partial charge < -0.3 is 19.9 Å². The fourth-order valence-corrected chi connectivity index (χ4v) is 2.96. The van der Waals surface area contributed by atoms with E-state index in [1.54, 1.807) is 44.2 Å². The van der Waals surface area contributed by atoms with Crippen LogP contribution in [0, 0.1) is 6.92 Å². The van der Waals surface area contributed by atoms with Crippen molar-refractivity contribution in [1.29, 1.82) is 0 Å². The van der Waals surface area contributed by atoms with E-state index in [9.17, 15) is 9.59 Å². The van der Waals surface area contributed by atoms with E-state index < -0.39 is 0 Å². The van der Waals surface area contributed by atoms with Crippen molar-refractivity contribution in [3.8, 4) is 0 Å². The SMILES string of the molecule is CCOC(=O)c1ccc(NC(=O)c2cc(N3CCN(C)CC3)nc(C)n2)cc1. The second-order valence-electron chi connectivity index (χ2n) is 6.70. The predicted octanol–water partition coefficient (Wildman–Crippen LogP) is 1.97. The Kier molecular flexibility index (Phi) is 6.20. The van der Waals surface area contributed by atoms with Crippen LogP contribution in [0.1, 0.15) is 33.6 Å². The Bertz CT molecular complexity index is 845. The first-order valence-electron chi connectivity index (χ1n) is 9.34. The predicted molar refractivity (Wildman–Crippen MR) is 107 cm³/mol. The van der Waals surface area contributed by atoms with Crippen molar-refractivity contribution >= 4 is 23.4 Å². The van der Waals surface area contributed by atoms with E-state index in [0.717, 1.165) is 32.0 Å². The van der Waals surface area contributed by atoms with Crippen molar-refractivity contribution in [1.82, 2.24) is 14.9 Å². The topological polar surface area (TPSA) is 87.7 Å². The van der Waals surface area contributed by atoms with Gasteiger partial charge in [0.25, 0.3) is 5.91 Å². The number of aryl methyl sites for hydroxylation is 1. The van der Waals surface area contributed by atoms with Gasteiger partial charge in [-0.05, 0) is 45.2 Å². The summed E-state index contributed by atoms with van der Waals surface area (Å²) in [6.07, 6.45) is 0. The molecule has 148 valence electrons. The summed E-state index contributed by atoms with van der Waals surface area (Å²) in [5.74, 6) is 0.621. The second-order valence-corrected chi connectivity index (χ2v) is 6.70. The minimum Gasteiger partial charge on any atom is -0.462 e. The number of esters is 1. The van der Waals surface area contributed by atoms with E-state index in [1.807, 2.05) is 0 Å². The first-order chi connectivity index (χ1) is 13.5. The zero-order valence-electron chi connectivity index (χ0n) is 16.4. The monoisotopic (exact) mass is 383 g/mol. The molecule has 1 aromatic carbocycles. The van der Waals surface area contributed by atoms with Crippen molar-refractivity contribution in [3.63, 3.8) is 0 Å². The molecule has 2 aromatic rings. The van der Waals surface area contributed by atoms with E-state index in [-0.39, 0.29) is 11.9 Å². The summed E-state index contributed by atoms with van der Waals surface area (Å²) in [6, 6.07) is 8.29. The van der Waals surface area contributed by atoms with E-state index in [4.69, 9.17) is 4.74 Å². The van der Waals surface area contributed by atoms with Crippen molar-refractivity contribution in [2.24, 2.45) is 0 Å². The number of anilines is 2. The maximum absolute atomic E-state index is 12.7. The van der Waals surface area contributed by atoms with Gasteiger partial charge in [-0.15, -0.1) is 0 Å². The van der Waals surface area contributed by atoms with Gasteiger partial charge in [0, 0.05) is 37.9 Å². The van der Waals surface area contributed by atoms with Gasteiger partial charge in [-0.3, -0.25) is 4.79 Å². The van der Waals surface area contributed by atoms with E-state index in [2.05, 4.69) is 32.1 Å². The lowest BCUT2D eigenvalue weighted by Crippen LogP contribution is -2.45. The lowest BCUT2D eigenvalue weighted by Gasteiger charge is -2.33. The molecule has 2 heterocycles. The second kappa shape index (κ2) is 8.79. The summed E-state index contributed by atoms with van der Waals surface area (Å²) in [5, 5.41) is 2.81. The number of nitrogens with zero attached hydrogens (tertiary/aromatic N) is 4. The number of hydrogen-bond donors (Lipinski definition) is 1. The average molecular weight is 383 g/mol. The van der Waals surface area contributed by atoms with Crippen LogP contribution in [-0.2, 0) is 4.74 Å². The number of aromatic nitrogens is 2. The van der Waals surface area contributed by atoms with Gasteiger partial charge >= 0.3 is 5.97 Å². The van der Waals surface area contributed by atoms with Gasteiger partial charge in [0.15, 0.2) is 0 Å². The number of benzene rings is 1. The van der Waals surface area contributed by atoms with Crippen LogP contribution < -0.4 is 10.2 Å². The van der Waals surface area contributed by atoms with Crippen molar-refractivity contribution in [2.45, 2.75) is 13.8 Å². The van der Waals surface area contributed by atoms with Gasteiger partial charge in [0.2, 0.25) is 0 Å². The number of hydrogen-bond acceptors (Lipinski definition) is 7. The molecule has 0 atom stereocenters. The van der Waals surface area contributed by atoms with E-state index in [0.29, 0.717) is 29.4 Å². The zero-order chi connectivity index (χ0) is 20.1. The molecule has 1 aliphatic rings. The van der Waals surface area contributed by atoms with Gasteiger partial charge in [0.05, 0.1) is 12.2 Å². The third-order valence-corrected chi connectivity index (χ3v) is 4.54. The lowest BCUT2D eigenvalue weighted by molar-refractivity contribution is 0.0526. The maximum Gasteiger partial charge on any atom is 0.338 e. The summed E-state index contributed by atoms with van der Waals surface area (Å²) in [6.45, 7) is 7.50. The number of nitrogens with one attached hydrogen (secondary N) is 1. The first-order valence-corrected chi connectivity index (χ1v) is 9.34. The Balaban J connectivity index is 1.71. The van der Waals surface area contributed by atoms with Gasteiger partial charge in [-0.2, -0.15) is 0 Å². The molecule has 8 nitrogen and oxygen atoms in total. The number of ether oxygens (including phenoxy) is 1. The highest BCUT2D eigenvalue weighted by Crippen LogP contribution is 2.17. The summed E-state index contributed by atoms with van der Waals surface area (Å²) >= 11 is 0. The number of likely N-dealkylation sites (N-methyl/N-ethyl adjacent to an activating group) is 1. The third kappa shape index (κ3) is 4.83. The van der Waals surface area contributed by atoms with Crippen LogP contribution in [0.5, 0.6) is 0 Å². The quantitative estimate of drug-likeness (QED) is 0.790. The van der Waals surface area contributed by atoms with Crippen LogP contribution in [0.15, 0.2) is 30.3 Å². The average Bonchev–Trinajstić information content (AvgIpc) is 2.69. The minimum atomic E-state index is -0.386. The summed E-state index contributed by atoms with van der Waals surface area (Å²) in [7, 11) is 2.09. The number of carbonyl (C=O) groups excluding carboxylic acids is 2. The minimum absolute atomic E-state index is 0.315. The van der Waals surface area contributed by atoms with Crippen molar-refractivity contribution in [2.75, 3.05) is 50.1 Å². The molecule has 1 saturated heterocycles. The molecule has 1 N–H and O–H groups in total. The first kappa shape index (κ1) is 19.8. The molecule has 0 bridgehead atoms. The standard InChI is InChI=1S/C20H25N5O3/c1-4-28-20(27)15-5-7-16(8-6-15)23-19(26)17-13-18(22-14(2)21-17)25-11-9-24(3)10-12-25/h5-8,13H,4,9-12H2,1-3H3,(H,23,26). The molecule has 0 unspecified atom stereocenters. The van der Waals surface area contributed by atoms with Gasteiger partial charge in [-0.25, -0.2) is 14.8 Å². The van der Waals surface area contributed by atoms with E-state index >= 15 is 0 Å². The molecular formula is C20H25N5O3. The highest BCUT2D eigenvalue weighted by atomic mass is 16.5. The van der Waals surface area contributed by atoms with Crippen LogP contribution in [0.2, 0.25) is 0 Å². The molecule has 0 aliphatic carbocycles. The normalized spacial score (nSPS) is 14.6. The number of rotatable bonds is 5. The molecule has 1 fully saturated rings. The largest absolute Gasteiger partial charge is 0.462 e. The fourth-order valence-electron chi connectivity index (χ4n) is 2.96. The van der Waals surface area contributed by atoms with Crippen LogP contribution in [0.3, 0.4) is 0 Å². The Morgan fingerprint density at radius 3 is 2.43 bits per heavy atom. The molecule has 1 aliphatic heterocycles.